The van der Waals surface area contributed by atoms with Gasteiger partial charge in [0.2, 0.25) is 0 Å². The first-order chi connectivity index (χ1) is 8.36. The molecule has 1 heteroatoms. The lowest BCUT2D eigenvalue weighted by Gasteiger charge is -2.16. The number of fused-ring (bicyclic) bond motifs is 1. The smallest absolute Gasteiger partial charge is 0.0845 e. The van der Waals surface area contributed by atoms with E-state index in [0.29, 0.717) is 12.2 Å². The van der Waals surface area contributed by atoms with Crippen LogP contribution in [0.25, 0.3) is 0 Å². The monoisotopic (exact) mass is 230 g/mol. The zero-order valence-corrected chi connectivity index (χ0v) is 10.7. The molecule has 17 heavy (non-hydrogen) atoms. The fourth-order valence-corrected chi connectivity index (χ4v) is 3.04. The van der Waals surface area contributed by atoms with Gasteiger partial charge in [0.15, 0.2) is 0 Å². The van der Waals surface area contributed by atoms with Gasteiger partial charge in [-0.25, -0.2) is 0 Å². The molecule has 3 rings (SSSR count). The molecule has 1 aromatic rings. The van der Waals surface area contributed by atoms with Crippen molar-refractivity contribution < 1.29 is 4.74 Å². The number of hydrogen-bond acceptors (Lipinski definition) is 1. The molecule has 1 aliphatic carbocycles. The number of rotatable bonds is 4. The van der Waals surface area contributed by atoms with Crippen LogP contribution in [-0.2, 0) is 24.0 Å². The summed E-state index contributed by atoms with van der Waals surface area (Å²) < 4.78 is 5.60. The molecular formula is C16H22O. The molecule has 1 aromatic carbocycles. The predicted molar refractivity (Wildman–Crippen MR) is 70.4 cm³/mol. The Balaban J connectivity index is 1.60. The first-order valence-corrected chi connectivity index (χ1v) is 7.13. The molecule has 1 aliphatic heterocycles. The molecule has 0 spiro atoms. The first kappa shape index (κ1) is 11.3. The minimum atomic E-state index is 0.552. The van der Waals surface area contributed by atoms with E-state index in [1.807, 2.05) is 0 Å². The Morgan fingerprint density at radius 2 is 1.94 bits per heavy atom. The van der Waals surface area contributed by atoms with Crippen molar-refractivity contribution in [3.63, 3.8) is 0 Å². The molecular weight excluding hydrogens is 208 g/mol. The zero-order chi connectivity index (χ0) is 11.7. The fourth-order valence-electron chi connectivity index (χ4n) is 3.04. The molecule has 0 aromatic heterocycles. The van der Waals surface area contributed by atoms with Crippen LogP contribution in [0.1, 0.15) is 49.3 Å². The minimum Gasteiger partial charge on any atom is -0.370 e. The maximum absolute atomic E-state index is 5.60. The Morgan fingerprint density at radius 3 is 2.71 bits per heavy atom. The lowest BCUT2D eigenvalue weighted by molar-refractivity contribution is 0.360. The highest BCUT2D eigenvalue weighted by Gasteiger charge is 2.35. The lowest BCUT2D eigenvalue weighted by Crippen LogP contribution is -2.04. The van der Waals surface area contributed by atoms with Crippen LogP contribution in [0.5, 0.6) is 0 Å². The highest BCUT2D eigenvalue weighted by atomic mass is 16.6. The van der Waals surface area contributed by atoms with E-state index >= 15 is 0 Å². The molecule has 92 valence electrons. The molecule has 0 radical (unpaired) electrons. The summed E-state index contributed by atoms with van der Waals surface area (Å²) in [6, 6.07) is 7.13. The molecule has 0 amide bonds. The van der Waals surface area contributed by atoms with E-state index in [-0.39, 0.29) is 0 Å². The van der Waals surface area contributed by atoms with Gasteiger partial charge in [0.1, 0.15) is 0 Å². The Kier molecular flexibility index (Phi) is 3.19. The van der Waals surface area contributed by atoms with Gasteiger partial charge in [-0.1, -0.05) is 25.1 Å². The number of epoxide rings is 1. The second-order valence-electron chi connectivity index (χ2n) is 5.47. The summed E-state index contributed by atoms with van der Waals surface area (Å²) in [7, 11) is 0. The van der Waals surface area contributed by atoms with Gasteiger partial charge in [0.25, 0.3) is 0 Å². The molecule has 1 fully saturated rings. The molecule has 0 bridgehead atoms. The number of aryl methyl sites for hydroxylation is 3. The summed E-state index contributed by atoms with van der Waals surface area (Å²) in [5.74, 6) is 0. The van der Waals surface area contributed by atoms with E-state index in [2.05, 4.69) is 25.1 Å². The van der Waals surface area contributed by atoms with E-state index in [0.717, 1.165) is 0 Å². The van der Waals surface area contributed by atoms with Crippen LogP contribution in [-0.4, -0.2) is 12.2 Å². The van der Waals surface area contributed by atoms with Crippen LogP contribution in [0.15, 0.2) is 18.2 Å². The number of ether oxygens (including phenoxy) is 1. The van der Waals surface area contributed by atoms with Crippen LogP contribution >= 0.6 is 0 Å². The minimum absolute atomic E-state index is 0.552. The number of hydrogen-bond donors (Lipinski definition) is 0. The first-order valence-electron chi connectivity index (χ1n) is 7.13. The third-order valence-corrected chi connectivity index (χ3v) is 4.22. The van der Waals surface area contributed by atoms with Gasteiger partial charge in [-0.15, -0.1) is 0 Å². The van der Waals surface area contributed by atoms with E-state index in [4.69, 9.17) is 4.74 Å². The van der Waals surface area contributed by atoms with Crippen molar-refractivity contribution in [3.05, 3.63) is 34.9 Å². The molecule has 2 aliphatic rings. The Hall–Kier alpha value is -0.820. The Morgan fingerprint density at radius 1 is 1.12 bits per heavy atom. The molecule has 0 N–H and O–H groups in total. The van der Waals surface area contributed by atoms with Crippen molar-refractivity contribution in [2.45, 2.75) is 64.1 Å². The maximum atomic E-state index is 5.60. The standard InChI is InChI=1S/C16H22O/c1-2-15-16(17-15)10-8-12-7-9-13-5-3-4-6-14(13)11-12/h7,9,11,15-16H,2-6,8,10H2,1H3. The molecule has 2 atom stereocenters. The van der Waals surface area contributed by atoms with Gasteiger partial charge >= 0.3 is 0 Å². The quantitative estimate of drug-likeness (QED) is 0.719. The summed E-state index contributed by atoms with van der Waals surface area (Å²) in [4.78, 5) is 0. The summed E-state index contributed by atoms with van der Waals surface area (Å²) in [6.45, 7) is 2.21. The van der Waals surface area contributed by atoms with Crippen molar-refractivity contribution in [2.24, 2.45) is 0 Å². The van der Waals surface area contributed by atoms with Gasteiger partial charge in [0.05, 0.1) is 12.2 Å². The summed E-state index contributed by atoms with van der Waals surface area (Å²) in [6.07, 6.45) is 10.0. The number of benzene rings is 1. The van der Waals surface area contributed by atoms with Crippen LogP contribution < -0.4 is 0 Å². The van der Waals surface area contributed by atoms with E-state index < -0.39 is 0 Å². The van der Waals surface area contributed by atoms with Crippen molar-refractivity contribution in [2.75, 3.05) is 0 Å². The van der Waals surface area contributed by atoms with Crippen LogP contribution in [0.3, 0.4) is 0 Å². The molecule has 1 saturated heterocycles. The van der Waals surface area contributed by atoms with Crippen LogP contribution in [0.4, 0.5) is 0 Å². The van der Waals surface area contributed by atoms with Crippen molar-refractivity contribution in [1.29, 1.82) is 0 Å². The molecule has 2 unspecified atom stereocenters. The zero-order valence-electron chi connectivity index (χ0n) is 10.7. The summed E-state index contributed by atoms with van der Waals surface area (Å²) in [5.41, 5.74) is 4.71. The van der Waals surface area contributed by atoms with E-state index in [1.54, 1.807) is 11.1 Å². The van der Waals surface area contributed by atoms with Gasteiger partial charge in [-0.3, -0.25) is 0 Å². The fraction of sp³-hybridized carbons (Fsp3) is 0.625. The third kappa shape index (κ3) is 2.55. The summed E-state index contributed by atoms with van der Waals surface area (Å²) in [5, 5.41) is 0. The normalized spacial score (nSPS) is 26.6. The molecule has 1 nitrogen and oxygen atoms in total. The SMILES string of the molecule is CCC1OC1CCc1ccc2c(c1)CCCC2. The second kappa shape index (κ2) is 4.81. The van der Waals surface area contributed by atoms with Gasteiger partial charge in [-0.05, 0) is 61.6 Å². The average Bonchev–Trinajstić information content (AvgIpc) is 3.15. The van der Waals surface area contributed by atoms with Crippen molar-refractivity contribution >= 4 is 0 Å². The van der Waals surface area contributed by atoms with Crippen LogP contribution in [0, 0.1) is 0 Å². The lowest BCUT2D eigenvalue weighted by atomic mass is 9.89. The maximum Gasteiger partial charge on any atom is 0.0845 e. The third-order valence-electron chi connectivity index (χ3n) is 4.22. The second-order valence-corrected chi connectivity index (χ2v) is 5.47. The highest BCUT2D eigenvalue weighted by Crippen LogP contribution is 2.30. The average molecular weight is 230 g/mol. The molecule has 0 saturated carbocycles. The predicted octanol–water partition coefficient (Wildman–Crippen LogP) is 3.68. The largest absolute Gasteiger partial charge is 0.370 e. The van der Waals surface area contributed by atoms with Crippen LogP contribution in [0.2, 0.25) is 0 Å². The van der Waals surface area contributed by atoms with Gasteiger partial charge in [0, 0.05) is 0 Å². The summed E-state index contributed by atoms with van der Waals surface area (Å²) >= 11 is 0. The molecule has 1 heterocycles. The Bertz CT molecular complexity index is 397. The van der Waals surface area contributed by atoms with Crippen molar-refractivity contribution in [3.8, 4) is 0 Å². The van der Waals surface area contributed by atoms with Crippen molar-refractivity contribution in [1.82, 2.24) is 0 Å². The van der Waals surface area contributed by atoms with Gasteiger partial charge < -0.3 is 4.74 Å². The Labute approximate surface area is 104 Å². The topological polar surface area (TPSA) is 12.5 Å². The van der Waals surface area contributed by atoms with E-state index in [1.165, 1.54) is 50.5 Å². The van der Waals surface area contributed by atoms with E-state index in [9.17, 15) is 0 Å². The van der Waals surface area contributed by atoms with Gasteiger partial charge in [-0.2, -0.15) is 0 Å². The highest BCUT2D eigenvalue weighted by molar-refractivity contribution is 5.33.